The predicted octanol–water partition coefficient (Wildman–Crippen LogP) is 6.85. The fraction of sp³-hybridized carbons (Fsp3) is 0.235. The molecule has 0 radical (unpaired) electrons. The third-order valence-electron chi connectivity index (χ3n) is 6.74. The van der Waals surface area contributed by atoms with Crippen LogP contribution >= 0.6 is 27.5 Å². The van der Waals surface area contributed by atoms with Crippen molar-refractivity contribution in [1.82, 2.24) is 10.2 Å². The molecule has 4 rings (SSSR count). The minimum atomic E-state index is -4.16. The van der Waals surface area contributed by atoms with Crippen molar-refractivity contribution in [2.75, 3.05) is 10.8 Å². The van der Waals surface area contributed by atoms with E-state index in [0.29, 0.717) is 16.3 Å². The van der Waals surface area contributed by atoms with Crippen molar-refractivity contribution in [3.63, 3.8) is 0 Å². The Hall–Kier alpha value is -3.66. The minimum Gasteiger partial charge on any atom is -0.350 e. The van der Waals surface area contributed by atoms with Gasteiger partial charge < -0.3 is 10.2 Å². The number of hydrogen-bond acceptors (Lipinski definition) is 4. The Morgan fingerprint density at radius 2 is 1.43 bits per heavy atom. The first-order valence-electron chi connectivity index (χ1n) is 14.1. The highest BCUT2D eigenvalue weighted by Gasteiger charge is 2.35. The van der Waals surface area contributed by atoms with Crippen LogP contribution in [0, 0.1) is 0 Å². The van der Waals surface area contributed by atoms with Gasteiger partial charge in [-0.25, -0.2) is 8.42 Å². The Bertz CT molecular complexity index is 1680. The van der Waals surface area contributed by atoms with E-state index >= 15 is 0 Å². The van der Waals surface area contributed by atoms with Gasteiger partial charge in [0, 0.05) is 28.0 Å². The molecule has 2 amide bonds. The maximum absolute atomic E-state index is 14.5. The van der Waals surface area contributed by atoms with E-state index in [9.17, 15) is 18.0 Å². The van der Waals surface area contributed by atoms with Crippen molar-refractivity contribution >= 4 is 55.1 Å². The van der Waals surface area contributed by atoms with E-state index < -0.39 is 34.1 Å². The molecule has 0 saturated carbocycles. The van der Waals surface area contributed by atoms with Crippen LogP contribution in [0.3, 0.4) is 0 Å². The Morgan fingerprint density at radius 1 is 0.841 bits per heavy atom. The molecule has 230 valence electrons. The Labute approximate surface area is 273 Å². The molecule has 0 aromatic heterocycles. The van der Waals surface area contributed by atoms with Gasteiger partial charge >= 0.3 is 0 Å². The number of amides is 2. The van der Waals surface area contributed by atoms with Gasteiger partial charge in [0.15, 0.2) is 0 Å². The number of hydrogen-bond donors (Lipinski definition) is 1. The van der Waals surface area contributed by atoms with Crippen LogP contribution in [0.4, 0.5) is 5.69 Å². The first kappa shape index (κ1) is 33.2. The highest BCUT2D eigenvalue weighted by Crippen LogP contribution is 2.27. The number of carbonyl (C=O) groups is 2. The molecule has 0 aliphatic heterocycles. The van der Waals surface area contributed by atoms with E-state index in [1.54, 1.807) is 60.7 Å². The summed E-state index contributed by atoms with van der Waals surface area (Å²) in [5, 5.41) is 3.51. The summed E-state index contributed by atoms with van der Waals surface area (Å²) in [6.45, 7) is 5.11. The number of sulfonamides is 1. The molecule has 0 heterocycles. The molecule has 0 fully saturated rings. The van der Waals surface area contributed by atoms with Crippen LogP contribution in [-0.4, -0.2) is 43.3 Å². The minimum absolute atomic E-state index is 0.0357. The Balaban J connectivity index is 1.81. The quantitative estimate of drug-likeness (QED) is 0.186. The van der Waals surface area contributed by atoms with Gasteiger partial charge in [-0.15, -0.1) is 0 Å². The molecule has 7 nitrogen and oxygen atoms in total. The molecular formula is C34H35BrClN3O4S. The Morgan fingerprint density at radius 3 is 2.02 bits per heavy atom. The average Bonchev–Trinajstić information content (AvgIpc) is 2.98. The molecule has 0 aliphatic carbocycles. The lowest BCUT2D eigenvalue weighted by molar-refractivity contribution is -0.140. The molecule has 0 saturated heterocycles. The normalized spacial score (nSPS) is 12.3. The van der Waals surface area contributed by atoms with Crippen LogP contribution in [0.5, 0.6) is 0 Å². The van der Waals surface area contributed by atoms with Crippen LogP contribution in [-0.2, 0) is 32.6 Å². The monoisotopic (exact) mass is 695 g/mol. The van der Waals surface area contributed by atoms with Crippen LogP contribution in [0.25, 0.3) is 0 Å². The summed E-state index contributed by atoms with van der Waals surface area (Å²) in [7, 11) is -4.16. The third kappa shape index (κ3) is 8.94. The number of nitrogens with zero attached hydrogens (tertiary/aromatic N) is 2. The molecule has 4 aromatic rings. The van der Waals surface area contributed by atoms with E-state index in [4.69, 9.17) is 11.6 Å². The lowest BCUT2D eigenvalue weighted by atomic mass is 10.0. The molecule has 1 N–H and O–H groups in total. The van der Waals surface area contributed by atoms with Crippen molar-refractivity contribution < 1.29 is 18.0 Å². The van der Waals surface area contributed by atoms with Gasteiger partial charge in [0.05, 0.1) is 10.6 Å². The SMILES string of the molecule is CC(C)(C)NC(=O)[C@@H](Cc1ccccc1)N(Cc1cccc(Cl)c1)C(=O)CN(c1ccc(Br)cc1)S(=O)(=O)c1ccccc1. The van der Waals surface area contributed by atoms with Gasteiger partial charge in [0.25, 0.3) is 10.0 Å². The first-order valence-corrected chi connectivity index (χ1v) is 16.7. The van der Waals surface area contributed by atoms with Crippen molar-refractivity contribution in [1.29, 1.82) is 0 Å². The van der Waals surface area contributed by atoms with E-state index in [0.717, 1.165) is 14.3 Å². The summed E-state index contributed by atoms with van der Waals surface area (Å²) in [6, 6.07) is 30.2. The van der Waals surface area contributed by atoms with Gasteiger partial charge in [-0.3, -0.25) is 13.9 Å². The standard InChI is InChI=1S/C34H35BrClN3O4S/c1-34(2,3)37-33(41)31(22-25-11-6-4-7-12-25)38(23-26-13-10-14-28(36)21-26)32(40)24-39(29-19-17-27(35)18-20-29)44(42,43)30-15-8-5-9-16-30/h4-21,31H,22-24H2,1-3H3,(H,37,41)/t31-/m1/s1. The largest absolute Gasteiger partial charge is 0.350 e. The fourth-order valence-electron chi connectivity index (χ4n) is 4.69. The predicted molar refractivity (Wildman–Crippen MR) is 179 cm³/mol. The maximum Gasteiger partial charge on any atom is 0.264 e. The second kappa shape index (κ2) is 14.4. The van der Waals surface area contributed by atoms with Gasteiger partial charge in [-0.2, -0.15) is 0 Å². The van der Waals surface area contributed by atoms with Crippen LogP contribution in [0.1, 0.15) is 31.9 Å². The molecule has 44 heavy (non-hydrogen) atoms. The van der Waals surface area contributed by atoms with E-state index in [2.05, 4.69) is 21.2 Å². The molecule has 1 atom stereocenters. The molecule has 0 spiro atoms. The summed E-state index contributed by atoms with van der Waals surface area (Å²) < 4.78 is 29.9. The summed E-state index contributed by atoms with van der Waals surface area (Å²) in [5.74, 6) is -0.893. The smallest absolute Gasteiger partial charge is 0.264 e. The van der Waals surface area contributed by atoms with Crippen molar-refractivity contribution in [2.45, 2.75) is 50.2 Å². The second-order valence-corrected chi connectivity index (χ2v) is 14.6. The van der Waals surface area contributed by atoms with E-state index in [-0.39, 0.29) is 23.8 Å². The van der Waals surface area contributed by atoms with Crippen LogP contribution in [0.15, 0.2) is 119 Å². The van der Waals surface area contributed by atoms with Crippen LogP contribution in [0.2, 0.25) is 5.02 Å². The van der Waals surface area contributed by atoms with E-state index in [1.807, 2.05) is 57.2 Å². The summed E-state index contributed by atoms with van der Waals surface area (Å²) in [4.78, 5) is 29.9. The zero-order valence-electron chi connectivity index (χ0n) is 24.8. The lowest BCUT2D eigenvalue weighted by Gasteiger charge is -2.35. The molecule has 0 aliphatic rings. The highest BCUT2D eigenvalue weighted by molar-refractivity contribution is 9.10. The number of anilines is 1. The fourth-order valence-corrected chi connectivity index (χ4v) is 6.61. The molecule has 0 unspecified atom stereocenters. The van der Waals surface area contributed by atoms with Crippen molar-refractivity contribution in [2.24, 2.45) is 0 Å². The van der Waals surface area contributed by atoms with E-state index in [1.165, 1.54) is 17.0 Å². The van der Waals surface area contributed by atoms with Gasteiger partial charge in [0.2, 0.25) is 11.8 Å². The summed E-state index contributed by atoms with van der Waals surface area (Å²) >= 11 is 9.70. The third-order valence-corrected chi connectivity index (χ3v) is 9.29. The van der Waals surface area contributed by atoms with Gasteiger partial charge in [-0.1, -0.05) is 88.2 Å². The molecule has 10 heteroatoms. The topological polar surface area (TPSA) is 86.8 Å². The van der Waals surface area contributed by atoms with Crippen LogP contribution < -0.4 is 9.62 Å². The lowest BCUT2D eigenvalue weighted by Crippen LogP contribution is -2.56. The summed E-state index contributed by atoms with van der Waals surface area (Å²) in [6.07, 6.45) is 0.221. The highest BCUT2D eigenvalue weighted by atomic mass is 79.9. The van der Waals surface area contributed by atoms with Gasteiger partial charge in [-0.05, 0) is 80.4 Å². The van der Waals surface area contributed by atoms with Crippen molar-refractivity contribution in [3.05, 3.63) is 130 Å². The van der Waals surface area contributed by atoms with Gasteiger partial charge in [0.1, 0.15) is 12.6 Å². The summed E-state index contributed by atoms with van der Waals surface area (Å²) in [5.41, 5.74) is 1.30. The molecular weight excluding hydrogens is 662 g/mol. The number of rotatable bonds is 11. The maximum atomic E-state index is 14.5. The number of carbonyl (C=O) groups excluding carboxylic acids is 2. The first-order chi connectivity index (χ1) is 20.8. The molecule has 4 aromatic carbocycles. The average molecular weight is 697 g/mol. The zero-order chi connectivity index (χ0) is 31.9. The molecule has 0 bridgehead atoms. The second-order valence-electron chi connectivity index (χ2n) is 11.4. The zero-order valence-corrected chi connectivity index (χ0v) is 27.9. The number of nitrogens with one attached hydrogen (secondary N) is 1. The number of benzene rings is 4. The number of halogens is 2. The Kier molecular flexibility index (Phi) is 10.9. The van der Waals surface area contributed by atoms with Crippen molar-refractivity contribution in [3.8, 4) is 0 Å².